The number of aromatic nitrogens is 2. The summed E-state index contributed by atoms with van der Waals surface area (Å²) in [5, 5.41) is 2.89. The van der Waals surface area contributed by atoms with Gasteiger partial charge in [-0.1, -0.05) is 6.92 Å². The van der Waals surface area contributed by atoms with E-state index in [1.54, 1.807) is 0 Å². The predicted octanol–water partition coefficient (Wildman–Crippen LogP) is 2.29. The van der Waals surface area contributed by atoms with Gasteiger partial charge in [0.05, 0.1) is 6.20 Å². The van der Waals surface area contributed by atoms with Crippen molar-refractivity contribution in [2.45, 2.75) is 32.5 Å². The molecule has 1 heterocycles. The number of rotatable bonds is 3. The van der Waals surface area contributed by atoms with Crippen LogP contribution in [0.2, 0.25) is 0 Å². The van der Waals surface area contributed by atoms with E-state index in [1.165, 1.54) is 0 Å². The zero-order valence-corrected chi connectivity index (χ0v) is 8.97. The van der Waals surface area contributed by atoms with Crippen molar-refractivity contribution in [3.63, 3.8) is 0 Å². The Morgan fingerprint density at radius 3 is 2.56 bits per heavy atom. The van der Waals surface area contributed by atoms with Gasteiger partial charge in [-0.3, -0.25) is 0 Å². The van der Waals surface area contributed by atoms with E-state index in [4.69, 9.17) is 5.73 Å². The molecule has 1 atom stereocenters. The average Bonchev–Trinajstić information content (AvgIpc) is 2.15. The van der Waals surface area contributed by atoms with Gasteiger partial charge in [-0.25, -0.2) is 9.97 Å². The fraction of sp³-hybridized carbons (Fsp3) is 0.556. The maximum atomic E-state index is 12.3. The molecule has 0 bridgehead atoms. The first-order valence-corrected chi connectivity index (χ1v) is 4.80. The normalized spacial score (nSPS) is 13.6. The third-order valence-corrected chi connectivity index (χ3v) is 2.07. The van der Waals surface area contributed by atoms with Gasteiger partial charge in [-0.15, -0.1) is 0 Å². The van der Waals surface area contributed by atoms with E-state index in [2.05, 4.69) is 15.3 Å². The van der Waals surface area contributed by atoms with Gasteiger partial charge in [-0.05, 0) is 13.3 Å². The van der Waals surface area contributed by atoms with Crippen molar-refractivity contribution in [3.05, 3.63) is 11.9 Å². The summed E-state index contributed by atoms with van der Waals surface area (Å²) in [5.41, 5.74) is 4.04. The summed E-state index contributed by atoms with van der Waals surface area (Å²) in [6.45, 7) is 3.83. The summed E-state index contributed by atoms with van der Waals surface area (Å²) >= 11 is 0. The van der Waals surface area contributed by atoms with Crippen LogP contribution in [0.25, 0.3) is 0 Å². The Hall–Kier alpha value is -1.53. The molecule has 0 amide bonds. The van der Waals surface area contributed by atoms with E-state index in [1.807, 2.05) is 13.8 Å². The third kappa shape index (κ3) is 2.98. The van der Waals surface area contributed by atoms with Gasteiger partial charge >= 0.3 is 6.18 Å². The standard InChI is InChI=1S/C9H13F3N4/c1-3-5(2)15-6-4-14-7(8(13)16-6)9(10,11)12/h4-5H,3H2,1-2H3,(H3,13,15,16). The van der Waals surface area contributed by atoms with Crippen LogP contribution < -0.4 is 11.1 Å². The van der Waals surface area contributed by atoms with E-state index in [0.717, 1.165) is 12.6 Å². The molecular weight excluding hydrogens is 221 g/mol. The number of hydrogen-bond donors (Lipinski definition) is 2. The third-order valence-electron chi connectivity index (χ3n) is 2.07. The molecule has 0 aliphatic carbocycles. The molecule has 0 radical (unpaired) electrons. The highest BCUT2D eigenvalue weighted by Crippen LogP contribution is 2.31. The lowest BCUT2D eigenvalue weighted by Gasteiger charge is -2.13. The highest BCUT2D eigenvalue weighted by atomic mass is 19.4. The SMILES string of the molecule is CCC(C)Nc1cnc(C(F)(F)F)c(N)n1. The predicted molar refractivity (Wildman–Crippen MR) is 54.8 cm³/mol. The van der Waals surface area contributed by atoms with E-state index in [9.17, 15) is 13.2 Å². The summed E-state index contributed by atoms with van der Waals surface area (Å²) in [5.74, 6) is -0.361. The largest absolute Gasteiger partial charge is 0.437 e. The Balaban J connectivity index is 2.91. The molecule has 0 aromatic carbocycles. The highest BCUT2D eigenvalue weighted by molar-refractivity contribution is 5.44. The first kappa shape index (κ1) is 12.5. The Bertz CT molecular complexity index is 364. The zero-order valence-electron chi connectivity index (χ0n) is 8.97. The Morgan fingerprint density at radius 1 is 1.50 bits per heavy atom. The molecule has 0 aliphatic heterocycles. The molecule has 0 saturated carbocycles. The Labute approximate surface area is 91.1 Å². The minimum Gasteiger partial charge on any atom is -0.382 e. The molecule has 1 aromatic rings. The number of nitrogen functional groups attached to an aromatic ring is 1. The zero-order chi connectivity index (χ0) is 12.3. The van der Waals surface area contributed by atoms with Gasteiger partial charge in [0, 0.05) is 6.04 Å². The molecule has 0 saturated heterocycles. The molecule has 3 N–H and O–H groups in total. The molecule has 0 fully saturated rings. The lowest BCUT2D eigenvalue weighted by atomic mass is 10.2. The Kier molecular flexibility index (Phi) is 3.56. The molecule has 7 heteroatoms. The second-order valence-corrected chi connectivity index (χ2v) is 3.44. The number of halogens is 3. The number of hydrogen-bond acceptors (Lipinski definition) is 4. The first-order valence-electron chi connectivity index (χ1n) is 4.80. The van der Waals surface area contributed by atoms with E-state index in [-0.39, 0.29) is 11.9 Å². The second-order valence-electron chi connectivity index (χ2n) is 3.44. The van der Waals surface area contributed by atoms with Crippen LogP contribution in [0, 0.1) is 0 Å². The van der Waals surface area contributed by atoms with Crippen molar-refractivity contribution in [2.24, 2.45) is 0 Å². The Morgan fingerprint density at radius 2 is 2.12 bits per heavy atom. The summed E-state index contributed by atoms with van der Waals surface area (Å²) in [6.07, 6.45) is -2.71. The maximum absolute atomic E-state index is 12.3. The number of nitrogens with zero attached hydrogens (tertiary/aromatic N) is 2. The van der Waals surface area contributed by atoms with Crippen LogP contribution in [0.5, 0.6) is 0 Å². The lowest BCUT2D eigenvalue weighted by Crippen LogP contribution is -2.18. The summed E-state index contributed by atoms with van der Waals surface area (Å²) in [4.78, 5) is 6.87. The topological polar surface area (TPSA) is 63.8 Å². The molecule has 90 valence electrons. The van der Waals surface area contributed by atoms with Gasteiger partial charge in [0.2, 0.25) is 0 Å². The van der Waals surface area contributed by atoms with Crippen molar-refractivity contribution in [1.29, 1.82) is 0 Å². The molecule has 1 unspecified atom stereocenters. The van der Waals surface area contributed by atoms with Crippen molar-refractivity contribution in [2.75, 3.05) is 11.1 Å². The molecule has 1 rings (SSSR count). The van der Waals surface area contributed by atoms with Crippen LogP contribution in [0.3, 0.4) is 0 Å². The maximum Gasteiger partial charge on any atom is 0.437 e. The molecule has 16 heavy (non-hydrogen) atoms. The van der Waals surface area contributed by atoms with Crippen LogP contribution in [0.1, 0.15) is 26.0 Å². The average molecular weight is 234 g/mol. The highest BCUT2D eigenvalue weighted by Gasteiger charge is 2.35. The van der Waals surface area contributed by atoms with Crippen molar-refractivity contribution in [1.82, 2.24) is 9.97 Å². The quantitative estimate of drug-likeness (QED) is 0.842. The molecular formula is C9H13F3N4. The van der Waals surface area contributed by atoms with Crippen LogP contribution in [-0.4, -0.2) is 16.0 Å². The van der Waals surface area contributed by atoms with Crippen LogP contribution in [-0.2, 0) is 6.18 Å². The van der Waals surface area contributed by atoms with Crippen LogP contribution in [0.15, 0.2) is 6.20 Å². The van der Waals surface area contributed by atoms with Gasteiger partial charge in [0.25, 0.3) is 0 Å². The summed E-state index contributed by atoms with van der Waals surface area (Å²) in [7, 11) is 0. The molecule has 0 spiro atoms. The summed E-state index contributed by atoms with van der Waals surface area (Å²) < 4.78 is 36.9. The van der Waals surface area contributed by atoms with E-state index >= 15 is 0 Å². The van der Waals surface area contributed by atoms with Gasteiger partial charge in [-0.2, -0.15) is 13.2 Å². The molecule has 4 nitrogen and oxygen atoms in total. The smallest absolute Gasteiger partial charge is 0.382 e. The van der Waals surface area contributed by atoms with E-state index < -0.39 is 17.7 Å². The van der Waals surface area contributed by atoms with Crippen molar-refractivity contribution >= 4 is 11.6 Å². The molecule has 1 aromatic heterocycles. The molecule has 0 aliphatic rings. The van der Waals surface area contributed by atoms with Gasteiger partial charge < -0.3 is 11.1 Å². The summed E-state index contributed by atoms with van der Waals surface area (Å²) in [6, 6.07) is 0.102. The van der Waals surface area contributed by atoms with Gasteiger partial charge in [0.15, 0.2) is 11.5 Å². The van der Waals surface area contributed by atoms with Crippen LogP contribution in [0.4, 0.5) is 24.8 Å². The van der Waals surface area contributed by atoms with Crippen molar-refractivity contribution < 1.29 is 13.2 Å². The fourth-order valence-corrected chi connectivity index (χ4v) is 1.05. The minimum atomic E-state index is -4.56. The fourth-order valence-electron chi connectivity index (χ4n) is 1.05. The van der Waals surface area contributed by atoms with E-state index in [0.29, 0.717) is 0 Å². The first-order chi connectivity index (χ1) is 7.34. The van der Waals surface area contributed by atoms with Gasteiger partial charge in [0.1, 0.15) is 5.82 Å². The lowest BCUT2D eigenvalue weighted by molar-refractivity contribution is -0.140. The minimum absolute atomic E-state index is 0.102. The second kappa shape index (κ2) is 4.54. The number of anilines is 2. The van der Waals surface area contributed by atoms with Crippen molar-refractivity contribution in [3.8, 4) is 0 Å². The number of nitrogens with two attached hydrogens (primary N) is 1. The van der Waals surface area contributed by atoms with Crippen LogP contribution >= 0.6 is 0 Å². The number of alkyl halides is 3. The number of nitrogens with one attached hydrogen (secondary N) is 1. The monoisotopic (exact) mass is 234 g/mol.